The zero-order valence-corrected chi connectivity index (χ0v) is 22.3. The predicted molar refractivity (Wildman–Crippen MR) is 127 cm³/mol. The fraction of sp³-hybridized carbons (Fsp3) is 0.870. The van der Waals surface area contributed by atoms with Crippen LogP contribution in [0.5, 0.6) is 0 Å². The van der Waals surface area contributed by atoms with Crippen LogP contribution in [0.25, 0.3) is 0 Å². The molecule has 0 aliphatic carbocycles. The maximum atomic E-state index is 12.5. The SMILES string of the molecule is [2H]C([2H])(CC(C)O[Si](C)(C)C(C)(C)C)C([2H])([2H])C(=O)C#CCC(C)O[Si](C)(C)C(C)(C)C. The summed E-state index contributed by atoms with van der Waals surface area (Å²) in [5.41, 5.74) is 0. The Morgan fingerprint density at radius 3 is 1.79 bits per heavy atom. The zero-order chi connectivity index (χ0) is 26.0. The van der Waals surface area contributed by atoms with Crippen molar-refractivity contribution in [2.24, 2.45) is 0 Å². The Hall–Kier alpha value is -0.416. The van der Waals surface area contributed by atoms with Crippen LogP contribution in [0.1, 0.15) is 86.5 Å². The van der Waals surface area contributed by atoms with Gasteiger partial charge in [0, 0.05) is 24.4 Å². The smallest absolute Gasteiger partial charge is 0.205 e. The summed E-state index contributed by atoms with van der Waals surface area (Å²) < 4.78 is 45.3. The van der Waals surface area contributed by atoms with Crippen molar-refractivity contribution >= 4 is 22.4 Å². The fourth-order valence-electron chi connectivity index (χ4n) is 2.02. The second kappa shape index (κ2) is 10.6. The molecule has 0 rings (SSSR count). The van der Waals surface area contributed by atoms with E-state index in [1.54, 1.807) is 6.92 Å². The lowest BCUT2D eigenvalue weighted by atomic mass is 10.1. The van der Waals surface area contributed by atoms with E-state index in [0.29, 0.717) is 6.42 Å². The highest BCUT2D eigenvalue weighted by atomic mass is 28.4. The third-order valence-corrected chi connectivity index (χ3v) is 15.0. The molecule has 0 aliphatic heterocycles. The minimum Gasteiger partial charge on any atom is -0.414 e. The third kappa shape index (κ3) is 9.87. The van der Waals surface area contributed by atoms with E-state index >= 15 is 0 Å². The Labute approximate surface area is 183 Å². The van der Waals surface area contributed by atoms with Crippen molar-refractivity contribution in [1.29, 1.82) is 0 Å². The van der Waals surface area contributed by atoms with Crippen molar-refractivity contribution in [3.63, 3.8) is 0 Å². The van der Waals surface area contributed by atoms with Crippen LogP contribution in [-0.2, 0) is 13.6 Å². The van der Waals surface area contributed by atoms with Gasteiger partial charge in [0.25, 0.3) is 0 Å². The number of carbonyl (C=O) groups excluding carboxylic acids is 1. The summed E-state index contributed by atoms with van der Waals surface area (Å²) in [5.74, 6) is 4.00. The Bertz CT molecular complexity index is 711. The first-order valence-corrected chi connectivity index (χ1v) is 16.1. The third-order valence-electron chi connectivity index (χ3n) is 5.79. The molecule has 5 heteroatoms. The fourth-order valence-corrected chi connectivity index (χ4v) is 4.91. The molecule has 0 N–H and O–H groups in total. The molecule has 0 saturated carbocycles. The second-order valence-corrected chi connectivity index (χ2v) is 20.2. The van der Waals surface area contributed by atoms with Crippen LogP contribution in [0, 0.1) is 11.8 Å². The summed E-state index contributed by atoms with van der Waals surface area (Å²) in [5, 5.41) is 0.0126. The van der Waals surface area contributed by atoms with Crippen LogP contribution in [0.2, 0.25) is 36.3 Å². The molecule has 0 radical (unpaired) electrons. The van der Waals surface area contributed by atoms with E-state index in [1.807, 2.05) is 6.92 Å². The first-order valence-electron chi connectivity index (χ1n) is 12.3. The molecule has 0 saturated heterocycles. The van der Waals surface area contributed by atoms with Crippen LogP contribution < -0.4 is 0 Å². The van der Waals surface area contributed by atoms with Gasteiger partial charge in [0.15, 0.2) is 16.6 Å². The van der Waals surface area contributed by atoms with Gasteiger partial charge in [0.1, 0.15) is 0 Å². The molecular formula is C23H46O3Si2. The zero-order valence-electron chi connectivity index (χ0n) is 24.3. The Morgan fingerprint density at radius 1 is 0.929 bits per heavy atom. The number of hydrogen-bond acceptors (Lipinski definition) is 3. The number of ketones is 1. The van der Waals surface area contributed by atoms with Crippen LogP contribution >= 0.6 is 0 Å². The molecule has 0 spiro atoms. The van der Waals surface area contributed by atoms with Gasteiger partial charge in [-0.1, -0.05) is 47.5 Å². The molecule has 0 heterocycles. The maximum Gasteiger partial charge on any atom is 0.205 e. The van der Waals surface area contributed by atoms with E-state index in [2.05, 4.69) is 79.6 Å². The van der Waals surface area contributed by atoms with Crippen molar-refractivity contribution in [2.45, 2.75) is 129 Å². The van der Waals surface area contributed by atoms with Crippen molar-refractivity contribution in [2.75, 3.05) is 0 Å². The Kier molecular flexibility index (Phi) is 7.86. The summed E-state index contributed by atoms with van der Waals surface area (Å²) in [7, 11) is -4.09. The standard InChI is InChI=1S/C23H46O3Si2/c1-19(25-27(9,10)22(3,4)5)15-13-17-21(24)18-14-16-20(2)26-28(11,12)23(6,7)8/h19-20H,13,15-17H2,1-12H3/i13D2,17D2. The van der Waals surface area contributed by atoms with E-state index in [0.717, 1.165) is 0 Å². The van der Waals surface area contributed by atoms with Crippen molar-refractivity contribution in [3.8, 4) is 11.8 Å². The molecule has 2 atom stereocenters. The Morgan fingerprint density at radius 2 is 1.36 bits per heavy atom. The molecule has 0 bridgehead atoms. The van der Waals surface area contributed by atoms with Gasteiger partial charge in [-0.15, -0.1) is 0 Å². The van der Waals surface area contributed by atoms with Crippen LogP contribution in [0.3, 0.4) is 0 Å². The largest absolute Gasteiger partial charge is 0.414 e. The average Bonchev–Trinajstić information content (AvgIpc) is 2.50. The first kappa shape index (κ1) is 20.8. The molecular weight excluding hydrogens is 380 g/mol. The first-order chi connectivity index (χ1) is 13.9. The summed E-state index contributed by atoms with van der Waals surface area (Å²) in [6.45, 7) is 24.8. The van der Waals surface area contributed by atoms with Crippen molar-refractivity contribution in [1.82, 2.24) is 0 Å². The minimum atomic E-state index is -2.73. The highest BCUT2D eigenvalue weighted by molar-refractivity contribution is 6.74. The van der Waals surface area contributed by atoms with Gasteiger partial charge >= 0.3 is 0 Å². The molecule has 3 nitrogen and oxygen atoms in total. The maximum absolute atomic E-state index is 12.5. The molecule has 0 aliphatic rings. The summed E-state index contributed by atoms with van der Waals surface area (Å²) >= 11 is 0. The normalized spacial score (nSPS) is 18.7. The van der Waals surface area contributed by atoms with E-state index in [9.17, 15) is 4.79 Å². The summed E-state index contributed by atoms with van der Waals surface area (Å²) in [6.07, 6.45) is -5.75. The minimum absolute atomic E-state index is 0.0442. The van der Waals surface area contributed by atoms with Gasteiger partial charge in [-0.05, 0) is 68.8 Å². The Balaban J connectivity index is 5.21. The van der Waals surface area contributed by atoms with Gasteiger partial charge < -0.3 is 8.85 Å². The van der Waals surface area contributed by atoms with E-state index in [1.165, 1.54) is 0 Å². The molecule has 0 aromatic rings. The highest BCUT2D eigenvalue weighted by Gasteiger charge is 2.39. The lowest BCUT2D eigenvalue weighted by molar-refractivity contribution is -0.114. The van der Waals surface area contributed by atoms with Crippen molar-refractivity contribution < 1.29 is 19.1 Å². The topological polar surface area (TPSA) is 35.5 Å². The predicted octanol–water partition coefficient (Wildman–Crippen LogP) is 6.94. The highest BCUT2D eigenvalue weighted by Crippen LogP contribution is 2.38. The lowest BCUT2D eigenvalue weighted by Gasteiger charge is -2.38. The summed E-state index contributed by atoms with van der Waals surface area (Å²) in [4.78, 5) is 12.5. The summed E-state index contributed by atoms with van der Waals surface area (Å²) in [6, 6.07) is 0. The van der Waals surface area contributed by atoms with E-state index < -0.39 is 41.3 Å². The molecule has 0 aromatic carbocycles. The van der Waals surface area contributed by atoms with Crippen molar-refractivity contribution in [3.05, 3.63) is 0 Å². The molecule has 28 heavy (non-hydrogen) atoms. The number of Topliss-reactive ketones (excluding diaryl/α,β-unsaturated/α-hetero) is 1. The molecule has 0 aromatic heterocycles. The van der Waals surface area contributed by atoms with E-state index in [-0.39, 0.29) is 22.6 Å². The van der Waals surface area contributed by atoms with Gasteiger partial charge in [0.05, 0.1) is 6.10 Å². The van der Waals surface area contributed by atoms with Gasteiger partial charge in [0.2, 0.25) is 5.78 Å². The molecule has 0 fully saturated rings. The number of rotatable bonds is 9. The monoisotopic (exact) mass is 430 g/mol. The van der Waals surface area contributed by atoms with E-state index in [4.69, 9.17) is 14.3 Å². The second-order valence-electron chi connectivity index (χ2n) is 10.7. The molecule has 2 unspecified atom stereocenters. The lowest BCUT2D eigenvalue weighted by Crippen LogP contribution is -2.43. The average molecular weight is 431 g/mol. The van der Waals surface area contributed by atoms with Crippen LogP contribution in [0.4, 0.5) is 0 Å². The van der Waals surface area contributed by atoms with Gasteiger partial charge in [-0.3, -0.25) is 4.79 Å². The molecule has 164 valence electrons. The van der Waals surface area contributed by atoms with Gasteiger partial charge in [-0.2, -0.15) is 0 Å². The van der Waals surface area contributed by atoms with Crippen LogP contribution in [-0.4, -0.2) is 34.6 Å². The molecule has 0 amide bonds. The van der Waals surface area contributed by atoms with Crippen LogP contribution in [0.15, 0.2) is 0 Å². The number of carbonyl (C=O) groups is 1. The number of hydrogen-bond donors (Lipinski definition) is 0. The van der Waals surface area contributed by atoms with Gasteiger partial charge in [-0.25, -0.2) is 0 Å². The quantitative estimate of drug-likeness (QED) is 0.226.